The van der Waals surface area contributed by atoms with Crippen LogP contribution in [0.4, 0.5) is 5.13 Å². The number of rotatable bonds is 3. The molecule has 0 unspecified atom stereocenters. The van der Waals surface area contributed by atoms with Crippen LogP contribution in [-0.4, -0.2) is 31.5 Å². The lowest BCUT2D eigenvalue weighted by atomic mass is 10.2. The van der Waals surface area contributed by atoms with Gasteiger partial charge in [0.2, 0.25) is 5.13 Å². The summed E-state index contributed by atoms with van der Waals surface area (Å²) in [6.07, 6.45) is 1.35. The quantitative estimate of drug-likeness (QED) is 0.832. The van der Waals surface area contributed by atoms with Crippen molar-refractivity contribution in [2.45, 2.75) is 19.8 Å². The zero-order valence-corrected chi connectivity index (χ0v) is 9.58. The van der Waals surface area contributed by atoms with Crippen molar-refractivity contribution in [2.75, 3.05) is 5.32 Å². The van der Waals surface area contributed by atoms with Crippen LogP contribution in [0.25, 0.3) is 0 Å². The van der Waals surface area contributed by atoms with Gasteiger partial charge in [0.05, 0.1) is 6.20 Å². The summed E-state index contributed by atoms with van der Waals surface area (Å²) in [5.74, 6) is -0.0459. The van der Waals surface area contributed by atoms with E-state index >= 15 is 0 Å². The second-order valence-electron chi connectivity index (χ2n) is 3.41. The third kappa shape index (κ3) is 2.22. The molecule has 2 aromatic heterocycles. The molecule has 0 aliphatic heterocycles. The van der Waals surface area contributed by atoms with Crippen LogP contribution >= 0.6 is 11.3 Å². The van der Waals surface area contributed by atoms with Crippen LogP contribution in [0.15, 0.2) is 6.20 Å². The van der Waals surface area contributed by atoms with Gasteiger partial charge in [0, 0.05) is 5.92 Å². The highest BCUT2D eigenvalue weighted by molar-refractivity contribution is 7.15. The first-order valence-corrected chi connectivity index (χ1v) is 5.49. The maximum Gasteiger partial charge on any atom is 0.279 e. The molecule has 2 rings (SSSR count). The van der Waals surface area contributed by atoms with Gasteiger partial charge in [0.1, 0.15) is 5.01 Å². The minimum Gasteiger partial charge on any atom is -0.295 e. The molecule has 0 bridgehead atoms. The second kappa shape index (κ2) is 4.35. The van der Waals surface area contributed by atoms with Gasteiger partial charge in [-0.2, -0.15) is 15.4 Å². The molecule has 2 aromatic rings. The van der Waals surface area contributed by atoms with Crippen LogP contribution in [-0.2, 0) is 0 Å². The summed E-state index contributed by atoms with van der Waals surface area (Å²) >= 11 is 1.35. The second-order valence-corrected chi connectivity index (χ2v) is 4.42. The Hall–Kier alpha value is -1.83. The molecule has 7 nitrogen and oxygen atoms in total. The molecule has 16 heavy (non-hydrogen) atoms. The van der Waals surface area contributed by atoms with Crippen molar-refractivity contribution in [2.24, 2.45) is 0 Å². The standard InChI is InChI=1S/C8H10N6OS/c1-4(2)7-12-13-8(16-7)10-6(15)5-3-9-14-11-5/h3-4H,1-2H3,(H,9,11,14)(H,10,13,15). The Morgan fingerprint density at radius 1 is 1.50 bits per heavy atom. The number of carbonyl (C=O) groups excluding carboxylic acids is 1. The number of aromatic amines is 1. The fourth-order valence-electron chi connectivity index (χ4n) is 0.991. The van der Waals surface area contributed by atoms with Gasteiger partial charge in [-0.05, 0) is 0 Å². The predicted octanol–water partition coefficient (Wildman–Crippen LogP) is 1.03. The van der Waals surface area contributed by atoms with Crippen molar-refractivity contribution >= 4 is 22.4 Å². The molecule has 0 atom stereocenters. The molecular formula is C8H10N6OS. The number of amides is 1. The van der Waals surface area contributed by atoms with E-state index in [0.717, 1.165) is 5.01 Å². The summed E-state index contributed by atoms with van der Waals surface area (Å²) in [5, 5.41) is 21.4. The van der Waals surface area contributed by atoms with E-state index in [1.165, 1.54) is 17.5 Å². The lowest BCUT2D eigenvalue weighted by molar-refractivity contribution is 0.102. The number of nitrogens with zero attached hydrogens (tertiary/aromatic N) is 4. The Labute approximate surface area is 95.3 Å². The minimum absolute atomic E-state index is 0.223. The number of carbonyl (C=O) groups is 1. The van der Waals surface area contributed by atoms with Crippen LogP contribution in [0, 0.1) is 0 Å². The molecular weight excluding hydrogens is 228 g/mol. The summed E-state index contributed by atoms with van der Waals surface area (Å²) in [4.78, 5) is 11.6. The highest BCUT2D eigenvalue weighted by Gasteiger charge is 2.13. The van der Waals surface area contributed by atoms with Crippen LogP contribution in [0.3, 0.4) is 0 Å². The summed E-state index contributed by atoms with van der Waals surface area (Å²) in [6.45, 7) is 4.04. The number of hydrogen-bond acceptors (Lipinski definition) is 6. The highest BCUT2D eigenvalue weighted by Crippen LogP contribution is 2.22. The smallest absolute Gasteiger partial charge is 0.279 e. The molecule has 1 amide bonds. The maximum absolute atomic E-state index is 11.6. The Kier molecular flexibility index (Phi) is 2.91. The van der Waals surface area contributed by atoms with Crippen molar-refractivity contribution in [1.29, 1.82) is 0 Å². The van der Waals surface area contributed by atoms with Gasteiger partial charge in [-0.3, -0.25) is 10.1 Å². The van der Waals surface area contributed by atoms with Crippen molar-refractivity contribution in [3.8, 4) is 0 Å². The lowest BCUT2D eigenvalue weighted by Gasteiger charge is -1.96. The van der Waals surface area contributed by atoms with Gasteiger partial charge in [-0.25, -0.2) is 0 Å². The van der Waals surface area contributed by atoms with Gasteiger partial charge < -0.3 is 0 Å². The van der Waals surface area contributed by atoms with Crippen LogP contribution < -0.4 is 5.32 Å². The maximum atomic E-state index is 11.6. The summed E-state index contributed by atoms with van der Waals surface area (Å²) in [7, 11) is 0. The Morgan fingerprint density at radius 2 is 2.31 bits per heavy atom. The minimum atomic E-state index is -0.347. The SMILES string of the molecule is CC(C)c1nnc(NC(=O)c2cn[nH]n2)s1. The molecule has 0 spiro atoms. The average molecular weight is 238 g/mol. The number of H-pyrrole nitrogens is 1. The molecule has 0 saturated heterocycles. The zero-order valence-electron chi connectivity index (χ0n) is 8.76. The van der Waals surface area contributed by atoms with Crippen molar-refractivity contribution in [3.05, 3.63) is 16.9 Å². The number of aromatic nitrogens is 5. The Morgan fingerprint density at radius 3 is 2.88 bits per heavy atom. The van der Waals surface area contributed by atoms with E-state index in [2.05, 4.69) is 30.9 Å². The van der Waals surface area contributed by atoms with Crippen LogP contribution in [0.2, 0.25) is 0 Å². The molecule has 2 heterocycles. The average Bonchev–Trinajstić information content (AvgIpc) is 2.87. The third-order valence-electron chi connectivity index (χ3n) is 1.80. The van der Waals surface area contributed by atoms with Crippen molar-refractivity contribution < 1.29 is 4.79 Å². The van der Waals surface area contributed by atoms with Crippen LogP contribution in [0.1, 0.15) is 35.3 Å². The Balaban J connectivity index is 2.07. The molecule has 2 N–H and O–H groups in total. The van der Waals surface area contributed by atoms with Crippen molar-refractivity contribution in [3.63, 3.8) is 0 Å². The molecule has 84 valence electrons. The third-order valence-corrected chi connectivity index (χ3v) is 2.94. The molecule has 0 aliphatic carbocycles. The fourth-order valence-corrected chi connectivity index (χ4v) is 1.73. The first-order valence-electron chi connectivity index (χ1n) is 4.67. The van der Waals surface area contributed by atoms with Gasteiger partial charge in [-0.15, -0.1) is 10.2 Å². The molecule has 8 heteroatoms. The molecule has 0 fully saturated rings. The fraction of sp³-hybridized carbons (Fsp3) is 0.375. The number of anilines is 1. The summed E-state index contributed by atoms with van der Waals surface area (Å²) in [5.41, 5.74) is 0.223. The van der Waals surface area contributed by atoms with E-state index in [9.17, 15) is 4.79 Å². The monoisotopic (exact) mass is 238 g/mol. The van der Waals surface area contributed by atoms with E-state index in [1.807, 2.05) is 13.8 Å². The largest absolute Gasteiger partial charge is 0.295 e. The topological polar surface area (TPSA) is 96.5 Å². The van der Waals surface area contributed by atoms with Gasteiger partial charge in [0.25, 0.3) is 5.91 Å². The van der Waals surface area contributed by atoms with Gasteiger partial charge in [-0.1, -0.05) is 25.2 Å². The first-order chi connectivity index (χ1) is 7.66. The van der Waals surface area contributed by atoms with Crippen LogP contribution in [0.5, 0.6) is 0 Å². The molecule has 0 saturated carbocycles. The summed E-state index contributed by atoms with van der Waals surface area (Å²) in [6, 6.07) is 0. The normalized spacial score (nSPS) is 10.7. The number of nitrogens with one attached hydrogen (secondary N) is 2. The van der Waals surface area contributed by atoms with Gasteiger partial charge >= 0.3 is 0 Å². The molecule has 0 aliphatic rings. The van der Waals surface area contributed by atoms with E-state index in [1.54, 1.807) is 0 Å². The number of hydrogen-bond donors (Lipinski definition) is 2. The highest BCUT2D eigenvalue weighted by atomic mass is 32.1. The Bertz CT molecular complexity index is 476. The van der Waals surface area contributed by atoms with Gasteiger partial charge in [0.15, 0.2) is 5.69 Å². The predicted molar refractivity (Wildman–Crippen MR) is 58.3 cm³/mol. The van der Waals surface area contributed by atoms with E-state index in [-0.39, 0.29) is 11.6 Å². The van der Waals surface area contributed by atoms with E-state index in [0.29, 0.717) is 11.0 Å². The summed E-state index contributed by atoms with van der Waals surface area (Å²) < 4.78 is 0. The lowest BCUT2D eigenvalue weighted by Crippen LogP contribution is -2.12. The van der Waals surface area contributed by atoms with E-state index < -0.39 is 0 Å². The van der Waals surface area contributed by atoms with E-state index in [4.69, 9.17) is 0 Å². The zero-order chi connectivity index (χ0) is 11.5. The molecule has 0 radical (unpaired) electrons. The first kappa shape index (κ1) is 10.7. The molecule has 0 aromatic carbocycles. The van der Waals surface area contributed by atoms with Crippen molar-refractivity contribution in [1.82, 2.24) is 25.6 Å².